The van der Waals surface area contributed by atoms with Crippen LogP contribution < -0.4 is 10.2 Å². The fourth-order valence-electron chi connectivity index (χ4n) is 2.79. The summed E-state index contributed by atoms with van der Waals surface area (Å²) in [4.78, 5) is 0. The molecular weight excluding hydrogens is 287 g/mol. The Bertz CT molecular complexity index is 693. The first kappa shape index (κ1) is 16.1. The van der Waals surface area contributed by atoms with Gasteiger partial charge in [0.25, 0.3) is 0 Å². The molecule has 4 heteroatoms. The van der Waals surface area contributed by atoms with Crippen LogP contribution in [0.1, 0.15) is 27.7 Å². The maximum atomic E-state index is 6.22. The summed E-state index contributed by atoms with van der Waals surface area (Å²) in [5.74, 6) is 0.844. The summed E-state index contributed by atoms with van der Waals surface area (Å²) in [6.45, 7) is 8.27. The lowest BCUT2D eigenvalue weighted by molar-refractivity contribution is 0.00578. The first-order valence-corrected chi connectivity index (χ1v) is 7.94. The summed E-state index contributed by atoms with van der Waals surface area (Å²) in [6.07, 6.45) is 0. The van der Waals surface area contributed by atoms with E-state index in [1.165, 1.54) is 0 Å². The number of hydrogen-bond donors (Lipinski definition) is 0. The predicted molar refractivity (Wildman–Crippen MR) is 94.1 cm³/mol. The number of methoxy groups -OCH3 is 1. The molecule has 1 aliphatic heterocycles. The Labute approximate surface area is 138 Å². The summed E-state index contributed by atoms with van der Waals surface area (Å²) in [6, 6.07) is 16.2. The SMILES string of the molecule is COc1ccccc1-c1ccccc1B1OC(C)(C)C(C)(C)O1. The van der Waals surface area contributed by atoms with Crippen LogP contribution >= 0.6 is 0 Å². The van der Waals surface area contributed by atoms with Gasteiger partial charge in [-0.05, 0) is 44.8 Å². The van der Waals surface area contributed by atoms with E-state index < -0.39 is 0 Å². The second-order valence-corrected chi connectivity index (χ2v) is 6.88. The molecule has 0 saturated carbocycles. The summed E-state index contributed by atoms with van der Waals surface area (Å²) in [5.41, 5.74) is 2.43. The highest BCUT2D eigenvalue weighted by Crippen LogP contribution is 2.38. The van der Waals surface area contributed by atoms with Gasteiger partial charge in [-0.3, -0.25) is 0 Å². The number of hydrogen-bond acceptors (Lipinski definition) is 3. The van der Waals surface area contributed by atoms with Gasteiger partial charge >= 0.3 is 7.12 Å². The second kappa shape index (κ2) is 5.70. The van der Waals surface area contributed by atoms with Crippen LogP contribution in [0.3, 0.4) is 0 Å². The Kier molecular flexibility index (Phi) is 3.99. The molecule has 0 aliphatic carbocycles. The van der Waals surface area contributed by atoms with Gasteiger partial charge in [-0.1, -0.05) is 42.5 Å². The normalized spacial score (nSPS) is 18.9. The number of ether oxygens (including phenoxy) is 1. The maximum absolute atomic E-state index is 6.22. The molecule has 2 aromatic carbocycles. The zero-order chi connectivity index (χ0) is 16.7. The lowest BCUT2D eigenvalue weighted by Crippen LogP contribution is -2.41. The molecule has 1 saturated heterocycles. The second-order valence-electron chi connectivity index (χ2n) is 6.88. The van der Waals surface area contributed by atoms with Crippen molar-refractivity contribution in [3.63, 3.8) is 0 Å². The summed E-state index contributed by atoms with van der Waals surface area (Å²) < 4.78 is 18.0. The molecule has 0 unspecified atom stereocenters. The van der Waals surface area contributed by atoms with E-state index in [1.54, 1.807) is 7.11 Å². The molecule has 0 amide bonds. The van der Waals surface area contributed by atoms with Crippen LogP contribution in [0.2, 0.25) is 0 Å². The van der Waals surface area contributed by atoms with Crippen LogP contribution in [0.5, 0.6) is 5.75 Å². The van der Waals surface area contributed by atoms with Crippen molar-refractivity contribution in [1.29, 1.82) is 0 Å². The van der Waals surface area contributed by atoms with Gasteiger partial charge in [-0.2, -0.15) is 0 Å². The van der Waals surface area contributed by atoms with Crippen LogP contribution in [0, 0.1) is 0 Å². The van der Waals surface area contributed by atoms with Crippen molar-refractivity contribution in [2.24, 2.45) is 0 Å². The van der Waals surface area contributed by atoms with Crippen LogP contribution in [0.15, 0.2) is 48.5 Å². The fraction of sp³-hybridized carbons (Fsp3) is 0.368. The Morgan fingerprint density at radius 3 is 1.91 bits per heavy atom. The summed E-state index contributed by atoms with van der Waals surface area (Å²) in [7, 11) is 1.30. The van der Waals surface area contributed by atoms with Crippen LogP contribution in [0.4, 0.5) is 0 Å². The Morgan fingerprint density at radius 2 is 1.30 bits per heavy atom. The quantitative estimate of drug-likeness (QED) is 0.810. The minimum Gasteiger partial charge on any atom is -0.496 e. The van der Waals surface area contributed by atoms with E-state index in [-0.39, 0.29) is 18.3 Å². The van der Waals surface area contributed by atoms with Crippen LogP contribution in [0.25, 0.3) is 11.1 Å². The van der Waals surface area contributed by atoms with Gasteiger partial charge in [0.1, 0.15) is 5.75 Å². The van der Waals surface area contributed by atoms with Gasteiger partial charge in [0, 0.05) is 5.56 Å². The van der Waals surface area contributed by atoms with Gasteiger partial charge in [-0.25, -0.2) is 0 Å². The molecule has 2 aromatic rings. The molecule has 1 heterocycles. The average molecular weight is 310 g/mol. The van der Waals surface area contributed by atoms with E-state index in [2.05, 4.69) is 45.9 Å². The molecule has 0 spiro atoms. The lowest BCUT2D eigenvalue weighted by Gasteiger charge is -2.32. The largest absolute Gasteiger partial charge is 0.496 e. The standard InChI is InChI=1S/C19H23BO3/c1-18(2)19(3,4)23-20(22-18)16-12-8-6-10-14(16)15-11-7-9-13-17(15)21-5/h6-13H,1-5H3. The predicted octanol–water partition coefficient (Wildman–Crippen LogP) is 3.66. The molecule has 0 N–H and O–H groups in total. The number of para-hydroxylation sites is 1. The molecule has 1 aliphatic rings. The van der Waals surface area contributed by atoms with E-state index in [4.69, 9.17) is 14.0 Å². The molecule has 0 aromatic heterocycles. The topological polar surface area (TPSA) is 27.7 Å². The molecular formula is C19H23BO3. The van der Waals surface area contributed by atoms with Crippen molar-refractivity contribution < 1.29 is 14.0 Å². The highest BCUT2D eigenvalue weighted by atomic mass is 16.7. The Balaban J connectivity index is 2.07. The highest BCUT2D eigenvalue weighted by Gasteiger charge is 2.52. The van der Waals surface area contributed by atoms with E-state index in [0.29, 0.717) is 0 Å². The molecule has 3 rings (SSSR count). The van der Waals surface area contributed by atoms with Crippen molar-refractivity contribution in [1.82, 2.24) is 0 Å². The molecule has 120 valence electrons. The van der Waals surface area contributed by atoms with Gasteiger partial charge in [-0.15, -0.1) is 0 Å². The zero-order valence-corrected chi connectivity index (χ0v) is 14.4. The highest BCUT2D eigenvalue weighted by molar-refractivity contribution is 6.63. The van der Waals surface area contributed by atoms with Crippen LogP contribution in [-0.4, -0.2) is 25.4 Å². The summed E-state index contributed by atoms with van der Waals surface area (Å²) >= 11 is 0. The smallest absolute Gasteiger partial charge is 0.495 e. The zero-order valence-electron chi connectivity index (χ0n) is 14.4. The van der Waals surface area contributed by atoms with Crippen LogP contribution in [-0.2, 0) is 9.31 Å². The first-order chi connectivity index (χ1) is 10.9. The third-order valence-corrected chi connectivity index (χ3v) is 4.87. The van der Waals surface area contributed by atoms with Crippen molar-refractivity contribution >= 4 is 12.6 Å². The van der Waals surface area contributed by atoms with E-state index in [1.807, 2.05) is 30.3 Å². The average Bonchev–Trinajstić information content (AvgIpc) is 2.75. The fourth-order valence-corrected chi connectivity index (χ4v) is 2.79. The first-order valence-electron chi connectivity index (χ1n) is 7.94. The van der Waals surface area contributed by atoms with E-state index in [0.717, 1.165) is 22.3 Å². The maximum Gasteiger partial charge on any atom is 0.495 e. The number of benzene rings is 2. The minimum atomic E-state index is -0.388. The lowest BCUT2D eigenvalue weighted by atomic mass is 9.74. The molecule has 3 nitrogen and oxygen atoms in total. The van der Waals surface area contributed by atoms with E-state index in [9.17, 15) is 0 Å². The van der Waals surface area contributed by atoms with Crippen molar-refractivity contribution in [3.05, 3.63) is 48.5 Å². The third kappa shape index (κ3) is 2.77. The summed E-state index contributed by atoms with van der Waals surface area (Å²) in [5, 5.41) is 0. The molecule has 0 radical (unpaired) electrons. The van der Waals surface area contributed by atoms with Gasteiger partial charge < -0.3 is 14.0 Å². The number of rotatable bonds is 3. The van der Waals surface area contributed by atoms with Gasteiger partial charge in [0.15, 0.2) is 0 Å². The Hall–Kier alpha value is -1.78. The minimum absolute atomic E-state index is 0.356. The van der Waals surface area contributed by atoms with E-state index >= 15 is 0 Å². The van der Waals surface area contributed by atoms with Crippen molar-refractivity contribution in [2.75, 3.05) is 7.11 Å². The third-order valence-electron chi connectivity index (χ3n) is 4.87. The molecule has 23 heavy (non-hydrogen) atoms. The Morgan fingerprint density at radius 1 is 0.783 bits per heavy atom. The van der Waals surface area contributed by atoms with Crippen molar-refractivity contribution in [3.8, 4) is 16.9 Å². The molecule has 0 bridgehead atoms. The molecule has 1 fully saturated rings. The molecule has 0 atom stereocenters. The monoisotopic (exact) mass is 310 g/mol. The van der Waals surface area contributed by atoms with Gasteiger partial charge in [0.2, 0.25) is 0 Å². The van der Waals surface area contributed by atoms with Crippen molar-refractivity contribution in [2.45, 2.75) is 38.9 Å². The van der Waals surface area contributed by atoms with Gasteiger partial charge in [0.05, 0.1) is 18.3 Å².